The molecule has 0 saturated carbocycles. The van der Waals surface area contributed by atoms with Crippen LogP contribution < -0.4 is 20.3 Å². The Morgan fingerprint density at radius 2 is 1.60 bits per heavy atom. The number of carbonyl (C=O) groups is 2. The number of thioether (sulfide) groups is 1. The minimum Gasteiger partial charge on any atom is -0.493 e. The van der Waals surface area contributed by atoms with Crippen molar-refractivity contribution in [3.8, 4) is 11.5 Å². The Morgan fingerprint density at radius 3 is 2.28 bits per heavy atom. The number of methoxy groups -OCH3 is 2. The minimum atomic E-state index is -0.315. The lowest BCUT2D eigenvalue weighted by Gasteiger charge is -2.10. The maximum Gasteiger partial charge on any atom is 0.248 e. The molecule has 0 heterocycles. The summed E-state index contributed by atoms with van der Waals surface area (Å²) in [5.74, 6) is 0.787. The molecule has 0 aromatic heterocycles. The molecule has 0 aliphatic rings. The summed E-state index contributed by atoms with van der Waals surface area (Å²) in [6.07, 6.45) is 0.118. The minimum absolute atomic E-state index is 0.118. The second-order valence-electron chi connectivity index (χ2n) is 5.06. The van der Waals surface area contributed by atoms with Gasteiger partial charge in [-0.2, -0.15) is 0 Å². The molecule has 25 heavy (non-hydrogen) atoms. The van der Waals surface area contributed by atoms with E-state index in [0.717, 1.165) is 10.5 Å². The summed E-state index contributed by atoms with van der Waals surface area (Å²) in [5.41, 5.74) is 5.57. The van der Waals surface area contributed by atoms with Crippen molar-refractivity contribution >= 4 is 23.6 Å². The molecule has 0 fully saturated rings. The zero-order chi connectivity index (χ0) is 18.1. The van der Waals surface area contributed by atoms with Crippen LogP contribution in [0.1, 0.15) is 5.56 Å². The van der Waals surface area contributed by atoms with Crippen molar-refractivity contribution in [2.45, 2.75) is 11.3 Å². The van der Waals surface area contributed by atoms with Crippen LogP contribution in [0.15, 0.2) is 53.4 Å². The summed E-state index contributed by atoms with van der Waals surface area (Å²) >= 11 is 1.40. The van der Waals surface area contributed by atoms with Crippen LogP contribution in [0.2, 0.25) is 0 Å². The van der Waals surface area contributed by atoms with Gasteiger partial charge in [-0.05, 0) is 29.8 Å². The van der Waals surface area contributed by atoms with Gasteiger partial charge in [0.05, 0.1) is 26.4 Å². The molecule has 2 rings (SSSR count). The van der Waals surface area contributed by atoms with Gasteiger partial charge in [0, 0.05) is 4.90 Å². The molecule has 0 aliphatic carbocycles. The van der Waals surface area contributed by atoms with E-state index in [1.165, 1.54) is 18.9 Å². The van der Waals surface area contributed by atoms with Gasteiger partial charge in [0.25, 0.3) is 0 Å². The van der Waals surface area contributed by atoms with Crippen LogP contribution in [0.5, 0.6) is 11.5 Å². The Hall–Kier alpha value is -2.67. The highest BCUT2D eigenvalue weighted by molar-refractivity contribution is 8.00. The third kappa shape index (κ3) is 6.04. The maximum absolute atomic E-state index is 11.9. The number of hydrogen-bond donors (Lipinski definition) is 2. The van der Waals surface area contributed by atoms with E-state index < -0.39 is 0 Å². The average molecular weight is 360 g/mol. The summed E-state index contributed by atoms with van der Waals surface area (Å²) in [7, 11) is 3.08. The molecule has 2 amide bonds. The first kappa shape index (κ1) is 18.7. The topological polar surface area (TPSA) is 76.7 Å². The summed E-state index contributed by atoms with van der Waals surface area (Å²) in [4.78, 5) is 24.7. The van der Waals surface area contributed by atoms with Crippen molar-refractivity contribution in [3.05, 3.63) is 54.1 Å². The second-order valence-corrected chi connectivity index (χ2v) is 6.11. The first-order valence-electron chi connectivity index (χ1n) is 7.59. The van der Waals surface area contributed by atoms with E-state index in [-0.39, 0.29) is 24.0 Å². The Bertz CT molecular complexity index is 722. The predicted octanol–water partition coefficient (Wildman–Crippen LogP) is 2.19. The Balaban J connectivity index is 1.77. The van der Waals surface area contributed by atoms with Crippen LogP contribution in [0, 0.1) is 0 Å². The first-order valence-corrected chi connectivity index (χ1v) is 8.57. The van der Waals surface area contributed by atoms with Crippen LogP contribution in [0.3, 0.4) is 0 Å². The van der Waals surface area contributed by atoms with Crippen LogP contribution in [0.25, 0.3) is 0 Å². The van der Waals surface area contributed by atoms with Gasteiger partial charge in [0.1, 0.15) is 0 Å². The van der Waals surface area contributed by atoms with Crippen LogP contribution in [0.4, 0.5) is 0 Å². The predicted molar refractivity (Wildman–Crippen MR) is 96.7 cm³/mol. The molecular weight excluding hydrogens is 340 g/mol. The van der Waals surface area contributed by atoms with Crippen LogP contribution >= 0.6 is 11.8 Å². The standard InChI is InChI=1S/C18H20N2O4S/c1-23-15-9-8-13(10-16(15)24-2)11-17(21)19-20-18(22)12-25-14-6-4-3-5-7-14/h3-10H,11-12H2,1-2H3,(H,19,21)(H,20,22). The fraction of sp³-hybridized carbons (Fsp3) is 0.222. The van der Waals surface area contributed by atoms with E-state index in [2.05, 4.69) is 10.9 Å². The maximum atomic E-state index is 11.9. The summed E-state index contributed by atoms with van der Waals surface area (Å²) in [6.45, 7) is 0. The molecule has 0 saturated heterocycles. The van der Waals surface area contributed by atoms with Crippen molar-refractivity contribution in [2.75, 3.05) is 20.0 Å². The highest BCUT2D eigenvalue weighted by Gasteiger charge is 2.09. The molecule has 6 nitrogen and oxygen atoms in total. The zero-order valence-corrected chi connectivity index (χ0v) is 14.9. The molecule has 0 radical (unpaired) electrons. The van der Waals surface area contributed by atoms with Gasteiger partial charge in [-0.15, -0.1) is 11.8 Å². The monoisotopic (exact) mass is 360 g/mol. The lowest BCUT2D eigenvalue weighted by atomic mass is 10.1. The van der Waals surface area contributed by atoms with Crippen molar-refractivity contribution < 1.29 is 19.1 Å². The number of carbonyl (C=O) groups excluding carboxylic acids is 2. The third-order valence-electron chi connectivity index (χ3n) is 3.27. The van der Waals surface area contributed by atoms with Gasteiger partial charge < -0.3 is 9.47 Å². The normalized spacial score (nSPS) is 10.0. The van der Waals surface area contributed by atoms with Crippen molar-refractivity contribution in [2.24, 2.45) is 0 Å². The van der Waals surface area contributed by atoms with E-state index in [9.17, 15) is 9.59 Å². The van der Waals surface area contributed by atoms with Crippen molar-refractivity contribution in [3.63, 3.8) is 0 Å². The number of ether oxygens (including phenoxy) is 2. The van der Waals surface area contributed by atoms with Gasteiger partial charge in [-0.3, -0.25) is 20.4 Å². The third-order valence-corrected chi connectivity index (χ3v) is 4.28. The first-order chi connectivity index (χ1) is 12.1. The summed E-state index contributed by atoms with van der Waals surface area (Å²) in [6, 6.07) is 14.8. The summed E-state index contributed by atoms with van der Waals surface area (Å²) in [5, 5.41) is 0. The number of amides is 2. The molecule has 0 bridgehead atoms. The van der Waals surface area contributed by atoms with Gasteiger partial charge in [0.15, 0.2) is 11.5 Å². The largest absolute Gasteiger partial charge is 0.493 e. The van der Waals surface area contributed by atoms with Gasteiger partial charge in [0.2, 0.25) is 11.8 Å². The van der Waals surface area contributed by atoms with Crippen molar-refractivity contribution in [1.82, 2.24) is 10.9 Å². The second kappa shape index (κ2) is 9.58. The number of hydrogen-bond acceptors (Lipinski definition) is 5. The van der Waals surface area contributed by atoms with E-state index in [0.29, 0.717) is 11.5 Å². The van der Waals surface area contributed by atoms with Gasteiger partial charge in [-0.1, -0.05) is 24.3 Å². The average Bonchev–Trinajstić information content (AvgIpc) is 2.65. The fourth-order valence-corrected chi connectivity index (χ4v) is 2.78. The van der Waals surface area contributed by atoms with E-state index >= 15 is 0 Å². The fourth-order valence-electron chi connectivity index (χ4n) is 2.06. The molecular formula is C18H20N2O4S. The number of rotatable bonds is 7. The smallest absolute Gasteiger partial charge is 0.248 e. The molecule has 0 unspecified atom stereocenters. The number of hydrazine groups is 1. The molecule has 0 atom stereocenters. The number of benzene rings is 2. The molecule has 2 aromatic rings. The zero-order valence-electron chi connectivity index (χ0n) is 14.1. The summed E-state index contributed by atoms with van der Waals surface area (Å²) < 4.78 is 10.4. The Morgan fingerprint density at radius 1 is 0.920 bits per heavy atom. The van der Waals surface area contributed by atoms with E-state index in [4.69, 9.17) is 9.47 Å². The SMILES string of the molecule is COc1ccc(CC(=O)NNC(=O)CSc2ccccc2)cc1OC. The highest BCUT2D eigenvalue weighted by atomic mass is 32.2. The molecule has 0 aliphatic heterocycles. The highest BCUT2D eigenvalue weighted by Crippen LogP contribution is 2.27. The van der Waals surface area contributed by atoms with Gasteiger partial charge in [-0.25, -0.2) is 0 Å². The Labute approximate surface area is 150 Å². The van der Waals surface area contributed by atoms with E-state index in [1.807, 2.05) is 30.3 Å². The van der Waals surface area contributed by atoms with Crippen LogP contribution in [-0.4, -0.2) is 31.8 Å². The van der Waals surface area contributed by atoms with E-state index in [1.54, 1.807) is 25.3 Å². The quantitative estimate of drug-likeness (QED) is 0.585. The molecule has 0 spiro atoms. The lowest BCUT2D eigenvalue weighted by Crippen LogP contribution is -2.43. The lowest BCUT2D eigenvalue weighted by molar-refractivity contribution is -0.127. The molecule has 7 heteroatoms. The van der Waals surface area contributed by atoms with Crippen molar-refractivity contribution in [1.29, 1.82) is 0 Å². The Kier molecular flexibility index (Phi) is 7.16. The number of nitrogens with one attached hydrogen (secondary N) is 2. The molecule has 132 valence electrons. The molecule has 2 N–H and O–H groups in total. The molecule has 2 aromatic carbocycles. The van der Waals surface area contributed by atoms with Crippen LogP contribution in [-0.2, 0) is 16.0 Å². The van der Waals surface area contributed by atoms with Gasteiger partial charge >= 0.3 is 0 Å².